The Bertz CT molecular complexity index is 1470. The summed E-state index contributed by atoms with van der Waals surface area (Å²) in [6.45, 7) is 8.19. The summed E-state index contributed by atoms with van der Waals surface area (Å²) in [6, 6.07) is 8.11. The number of hydrogen-bond acceptors (Lipinski definition) is 8. The average Bonchev–Trinajstić information content (AvgIpc) is 3.39. The summed E-state index contributed by atoms with van der Waals surface area (Å²) >= 11 is 0. The smallest absolute Gasteiger partial charge is 0.203 e. The van der Waals surface area contributed by atoms with Crippen LogP contribution in [0.4, 0.5) is 11.6 Å². The molecule has 0 aliphatic rings. The Hall–Kier alpha value is -4.08. The summed E-state index contributed by atoms with van der Waals surface area (Å²) in [5.74, 6) is 3.04. The first-order valence-electron chi connectivity index (χ1n) is 11.3. The molecule has 0 aliphatic carbocycles. The maximum atomic E-state index is 4.98. The van der Waals surface area contributed by atoms with Crippen LogP contribution >= 0.6 is 0 Å². The van der Waals surface area contributed by atoms with Crippen LogP contribution in [0.1, 0.15) is 38.3 Å². The number of hydrogen-bond donors (Lipinski definition) is 1. The van der Waals surface area contributed by atoms with Gasteiger partial charge in [0.15, 0.2) is 11.6 Å². The first kappa shape index (κ1) is 21.7. The number of aromatic nitrogens is 8. The van der Waals surface area contributed by atoms with Gasteiger partial charge < -0.3 is 14.8 Å². The van der Waals surface area contributed by atoms with Gasteiger partial charge in [0.2, 0.25) is 5.65 Å². The molecule has 1 atom stereocenters. The summed E-state index contributed by atoms with van der Waals surface area (Å²) < 4.78 is 4.13. The van der Waals surface area contributed by atoms with E-state index in [1.165, 1.54) is 0 Å². The Morgan fingerprint density at radius 2 is 1.85 bits per heavy atom. The van der Waals surface area contributed by atoms with Crippen LogP contribution in [0.5, 0.6) is 0 Å². The van der Waals surface area contributed by atoms with Gasteiger partial charge in [0.25, 0.3) is 0 Å². The SMILES string of the molecule is Cc1nnc2c(NC(C)C)nc(-c3nc4cnc(N(C)C)cc4n3[C@@H](C)c3ccccn3)cn12. The minimum atomic E-state index is -0.0837. The molecule has 5 aromatic heterocycles. The summed E-state index contributed by atoms with van der Waals surface area (Å²) in [5.41, 5.74) is 4.10. The van der Waals surface area contributed by atoms with E-state index in [2.05, 4.69) is 56.9 Å². The van der Waals surface area contributed by atoms with Gasteiger partial charge in [0, 0.05) is 38.6 Å². The van der Waals surface area contributed by atoms with Gasteiger partial charge >= 0.3 is 0 Å². The van der Waals surface area contributed by atoms with Crippen molar-refractivity contribution in [3.8, 4) is 11.5 Å². The number of anilines is 2. The van der Waals surface area contributed by atoms with Crippen LogP contribution in [0.25, 0.3) is 28.2 Å². The van der Waals surface area contributed by atoms with Crippen LogP contribution in [0, 0.1) is 6.92 Å². The van der Waals surface area contributed by atoms with Crippen LogP contribution in [0.3, 0.4) is 0 Å². The first-order valence-corrected chi connectivity index (χ1v) is 11.3. The highest BCUT2D eigenvalue weighted by Gasteiger charge is 2.23. The van der Waals surface area contributed by atoms with E-state index in [9.17, 15) is 0 Å². The first-order chi connectivity index (χ1) is 16.3. The minimum absolute atomic E-state index is 0.0837. The third-order valence-electron chi connectivity index (χ3n) is 5.74. The molecule has 5 rings (SSSR count). The maximum Gasteiger partial charge on any atom is 0.203 e. The van der Waals surface area contributed by atoms with E-state index >= 15 is 0 Å². The number of nitrogens with zero attached hydrogens (tertiary/aromatic N) is 9. The fraction of sp³-hybridized carbons (Fsp3) is 0.333. The van der Waals surface area contributed by atoms with Gasteiger partial charge in [-0.15, -0.1) is 10.2 Å². The molecule has 0 spiro atoms. The highest BCUT2D eigenvalue weighted by molar-refractivity contribution is 5.82. The fourth-order valence-corrected chi connectivity index (χ4v) is 4.05. The molecule has 5 heterocycles. The van der Waals surface area contributed by atoms with Crippen molar-refractivity contribution < 1.29 is 0 Å². The molecular weight excluding hydrogens is 428 g/mol. The summed E-state index contributed by atoms with van der Waals surface area (Å²) in [5, 5.41) is 12.0. The van der Waals surface area contributed by atoms with Gasteiger partial charge in [0.1, 0.15) is 22.9 Å². The van der Waals surface area contributed by atoms with E-state index in [1.807, 2.05) is 67.1 Å². The van der Waals surface area contributed by atoms with E-state index in [0.29, 0.717) is 17.2 Å². The molecule has 0 aromatic carbocycles. The van der Waals surface area contributed by atoms with E-state index in [0.717, 1.165) is 34.2 Å². The highest BCUT2D eigenvalue weighted by atomic mass is 15.3. The molecule has 10 heteroatoms. The zero-order chi connectivity index (χ0) is 24.0. The predicted molar refractivity (Wildman–Crippen MR) is 133 cm³/mol. The number of pyridine rings is 2. The third kappa shape index (κ3) is 3.70. The lowest BCUT2D eigenvalue weighted by molar-refractivity contribution is 0.643. The molecule has 0 radical (unpaired) electrons. The second-order valence-electron chi connectivity index (χ2n) is 8.88. The van der Waals surface area contributed by atoms with Gasteiger partial charge in [-0.05, 0) is 39.8 Å². The summed E-state index contributed by atoms with van der Waals surface area (Å²) in [6.07, 6.45) is 5.57. The zero-order valence-corrected chi connectivity index (χ0v) is 20.2. The third-order valence-corrected chi connectivity index (χ3v) is 5.74. The number of rotatable bonds is 6. The van der Waals surface area contributed by atoms with E-state index < -0.39 is 0 Å². The Labute approximate surface area is 197 Å². The average molecular weight is 457 g/mol. The van der Waals surface area contributed by atoms with Crippen molar-refractivity contribution in [2.45, 2.75) is 39.8 Å². The normalized spacial score (nSPS) is 12.6. The standard InChI is InChI=1S/C24H28N10/c1-14(2)27-22-24-31-30-16(4)33(24)13-19(28-22)23-29-18-12-26-21(32(5)6)11-20(18)34(23)15(3)17-9-7-8-10-25-17/h7-15H,1-6H3,(H,27,28)/t15-/m0/s1. The van der Waals surface area contributed by atoms with Crippen molar-refractivity contribution in [1.29, 1.82) is 0 Å². The molecule has 0 saturated carbocycles. The molecule has 0 unspecified atom stereocenters. The molecule has 5 aromatic rings. The molecule has 0 fully saturated rings. The van der Waals surface area contributed by atoms with Crippen molar-refractivity contribution in [2.24, 2.45) is 0 Å². The monoisotopic (exact) mass is 456 g/mol. The Morgan fingerprint density at radius 1 is 1.03 bits per heavy atom. The minimum Gasteiger partial charge on any atom is -0.365 e. The number of imidazole rings is 1. The van der Waals surface area contributed by atoms with Gasteiger partial charge in [0.05, 0.1) is 23.4 Å². The molecule has 0 saturated heterocycles. The van der Waals surface area contributed by atoms with Crippen molar-refractivity contribution in [3.05, 3.63) is 54.4 Å². The fourth-order valence-electron chi connectivity index (χ4n) is 4.05. The van der Waals surface area contributed by atoms with E-state index in [1.54, 1.807) is 0 Å². The van der Waals surface area contributed by atoms with Crippen LogP contribution < -0.4 is 10.2 Å². The van der Waals surface area contributed by atoms with Gasteiger partial charge in [-0.25, -0.2) is 15.0 Å². The van der Waals surface area contributed by atoms with Crippen LogP contribution in [-0.4, -0.2) is 59.2 Å². The quantitative estimate of drug-likeness (QED) is 0.412. The lowest BCUT2D eigenvalue weighted by Crippen LogP contribution is -2.15. The summed E-state index contributed by atoms with van der Waals surface area (Å²) in [7, 11) is 3.96. The van der Waals surface area contributed by atoms with E-state index in [4.69, 9.17) is 9.97 Å². The number of aryl methyl sites for hydroxylation is 1. The molecular formula is C24H28N10. The molecule has 0 aliphatic heterocycles. The predicted octanol–water partition coefficient (Wildman–Crippen LogP) is 3.74. The Balaban J connectivity index is 1.80. The largest absolute Gasteiger partial charge is 0.365 e. The number of nitrogens with one attached hydrogen (secondary N) is 1. The topological polar surface area (TPSA) is 102 Å². The molecule has 0 bridgehead atoms. The maximum absolute atomic E-state index is 4.98. The lowest BCUT2D eigenvalue weighted by atomic mass is 10.2. The second kappa shape index (κ2) is 8.36. The van der Waals surface area contributed by atoms with Crippen molar-refractivity contribution >= 4 is 28.3 Å². The van der Waals surface area contributed by atoms with Crippen LogP contribution in [0.15, 0.2) is 42.9 Å². The van der Waals surface area contributed by atoms with Gasteiger partial charge in [-0.3, -0.25) is 9.38 Å². The molecule has 0 amide bonds. The number of fused-ring (bicyclic) bond motifs is 2. The van der Waals surface area contributed by atoms with Gasteiger partial charge in [-0.2, -0.15) is 0 Å². The van der Waals surface area contributed by atoms with Crippen molar-refractivity contribution in [3.63, 3.8) is 0 Å². The Morgan fingerprint density at radius 3 is 2.56 bits per heavy atom. The second-order valence-corrected chi connectivity index (χ2v) is 8.88. The molecule has 1 N–H and O–H groups in total. The van der Waals surface area contributed by atoms with Crippen molar-refractivity contribution in [2.75, 3.05) is 24.3 Å². The van der Waals surface area contributed by atoms with E-state index in [-0.39, 0.29) is 12.1 Å². The van der Waals surface area contributed by atoms with Gasteiger partial charge in [-0.1, -0.05) is 6.07 Å². The zero-order valence-electron chi connectivity index (χ0n) is 20.2. The van der Waals surface area contributed by atoms with Crippen LogP contribution in [0.2, 0.25) is 0 Å². The van der Waals surface area contributed by atoms with Crippen LogP contribution in [-0.2, 0) is 0 Å². The highest BCUT2D eigenvalue weighted by Crippen LogP contribution is 2.32. The lowest BCUT2D eigenvalue weighted by Gasteiger charge is -2.19. The molecule has 174 valence electrons. The molecule has 10 nitrogen and oxygen atoms in total. The summed E-state index contributed by atoms with van der Waals surface area (Å²) in [4.78, 5) is 21.1. The Kier molecular flexibility index (Phi) is 5.35. The molecule has 34 heavy (non-hydrogen) atoms. The van der Waals surface area contributed by atoms with Crippen molar-refractivity contribution in [1.82, 2.24) is 39.1 Å².